The maximum atomic E-state index is 12.1. The number of carbonyl (C=O) groups excluding carboxylic acids is 4. The first kappa shape index (κ1) is 150. The van der Waals surface area contributed by atoms with E-state index in [2.05, 4.69) is 110 Å². The molecule has 0 saturated heterocycles. The number of thiol groups is 1. The molecular weight excluding hydrogens is 1940 g/mol. The smallest absolute Gasteiger partial charge is 0.870 e. The number of thiocarbonyl (C=S) groups is 5. The van der Waals surface area contributed by atoms with Crippen LogP contribution in [-0.4, -0.2) is 156 Å². The van der Waals surface area contributed by atoms with Crippen molar-refractivity contribution in [3.05, 3.63) is 24.1 Å². The number of hydrogen-bond donors (Lipinski definition) is 7. The molecule has 129 heavy (non-hydrogen) atoms. The minimum absolute atomic E-state index is 0. The van der Waals surface area contributed by atoms with Crippen molar-refractivity contribution in [1.29, 1.82) is 5.26 Å². The van der Waals surface area contributed by atoms with Gasteiger partial charge < -0.3 is 46.8 Å². The Morgan fingerprint density at radius 3 is 1.08 bits per heavy atom. The number of hydrogen-bond acceptors (Lipinski definition) is 26. The van der Waals surface area contributed by atoms with Crippen molar-refractivity contribution in [1.82, 2.24) is 0 Å². The zero-order chi connectivity index (χ0) is 98.9. The normalized spacial score (nSPS) is 11.4. The number of nitrogens with two attached hydrogens (primary N) is 2. The summed E-state index contributed by atoms with van der Waals surface area (Å²) in [7, 11) is 0. The number of unbranched alkanes of at least 4 members (excludes halogenated alkanes) is 36. The number of aliphatic carboxylic acids is 3. The molecule has 9 N–H and O–H groups in total. The van der Waals surface area contributed by atoms with E-state index in [1.54, 1.807) is 63.0 Å². The first-order valence-corrected chi connectivity index (χ1v) is 53.9. The third kappa shape index (κ3) is 124. The zero-order valence-electron chi connectivity index (χ0n) is 80.1. The molecule has 3 unspecified atom stereocenters. The Bertz CT molecular complexity index is 3080. The van der Waals surface area contributed by atoms with Crippen molar-refractivity contribution >= 4 is 236 Å². The third-order valence-electron chi connectivity index (χ3n) is 18.0. The van der Waals surface area contributed by atoms with Gasteiger partial charge in [0, 0.05) is 17.7 Å². The van der Waals surface area contributed by atoms with E-state index in [-0.39, 0.29) is 92.5 Å². The predicted molar refractivity (Wildman–Crippen MR) is 577 cm³/mol. The standard InChI is InChI=1S/C24H41NO3S3.C20H34O2S3.C17H32O2S3.C12H16N4O4.C12H26S.C3H5NO.C3H4O.CHCl3.CS2.Na.H2O/c1-5-7-8-9-10-11-12-13-14-15-19-30-23(29)31-20(21(25)26)16-17-24(3,4)22(27)28-18-6-2;1-5-7-8-9-10-11-12-13-14-15-17-24-19(23)25-20(3,4)18(21)22-16-6-2;1-4-5-6-7-8-9-10-11-12-13-14-21-16(20)22-17(2,3)15(18)19;1-11(8-13,6-4-9(17)18)15-16-12(2,14-3)7-5-10(19)20;1-2-3-4-5-6-7-8-9-10-11-12-13;1-2-3(4)5;1-2-3-4;2-1(3)4;2-1-3;;/h2,20H,5,7-19H2,1,3-4H3,(H2,25,26);2H,5,7-17H2,1,3-4H3;4-14H2,1-3H3,(H,18,19);4-7H2,1-2H3,(H,17,18)(H,19,20);13H,2-12H2,1H3;2H,1H2,(H2,4,5);1,4H,3H2;1H;;;1H2/q;;;;;;;;;+1;/p-1. The summed E-state index contributed by atoms with van der Waals surface area (Å²) >= 11 is 51.6. The number of terminal acetylenes is 3. The van der Waals surface area contributed by atoms with Crippen LogP contribution in [0.5, 0.6) is 0 Å². The molecule has 0 heterocycles. The van der Waals surface area contributed by atoms with Gasteiger partial charge in [0.05, 0.1) is 29.6 Å². The number of ether oxygens (including phenoxy) is 2. The van der Waals surface area contributed by atoms with Crippen LogP contribution in [0.1, 0.15) is 378 Å². The monoisotopic (exact) mass is 2100 g/mol. The molecule has 36 heteroatoms. The number of rotatable bonds is 64. The summed E-state index contributed by atoms with van der Waals surface area (Å²) < 4.78 is 12.0. The van der Waals surface area contributed by atoms with E-state index in [0.29, 0.717) is 12.8 Å². The molecule has 0 aromatic rings. The van der Waals surface area contributed by atoms with Gasteiger partial charge >= 0.3 is 65.1 Å². The number of nitriles is 1. The molecular formula is C93H160Cl3N6NaO14S12. The molecule has 740 valence electrons. The molecule has 0 aliphatic rings. The zero-order valence-corrected chi connectivity index (χ0v) is 94.2. The molecule has 0 rings (SSSR count). The van der Waals surface area contributed by atoms with Crippen LogP contribution >= 0.6 is 179 Å². The number of aliphatic hydroxyl groups excluding tert-OH is 1. The van der Waals surface area contributed by atoms with E-state index >= 15 is 0 Å². The van der Waals surface area contributed by atoms with E-state index in [1.807, 2.05) is 30.2 Å². The molecule has 0 aliphatic heterocycles. The van der Waals surface area contributed by atoms with Gasteiger partial charge in [0.2, 0.25) is 11.8 Å². The van der Waals surface area contributed by atoms with Gasteiger partial charge in [-0.2, -0.15) is 23.0 Å². The summed E-state index contributed by atoms with van der Waals surface area (Å²) in [5, 5.41) is 50.0. The van der Waals surface area contributed by atoms with Crippen LogP contribution in [0.15, 0.2) is 22.9 Å². The summed E-state index contributed by atoms with van der Waals surface area (Å²) in [6, 6.07) is 1.85. The predicted octanol–water partition coefficient (Wildman–Crippen LogP) is 25.7. The van der Waals surface area contributed by atoms with Crippen LogP contribution in [0.25, 0.3) is 4.85 Å². The topological polar surface area (TPSA) is 354 Å². The number of nitrogens with zero attached hydrogens (tertiary/aromatic N) is 4. The number of primary amides is 2. The molecule has 0 spiro atoms. The van der Waals surface area contributed by atoms with Crippen LogP contribution in [0.2, 0.25) is 0 Å². The minimum atomic E-state index is -1.36. The quantitative estimate of drug-likeness (QED) is 0.00284. The van der Waals surface area contributed by atoms with Gasteiger partial charge in [0.25, 0.3) is 0 Å². The molecule has 2 amide bonds. The van der Waals surface area contributed by atoms with Crippen LogP contribution in [0.3, 0.4) is 0 Å². The molecule has 0 aromatic heterocycles. The molecule has 0 radical (unpaired) electrons. The van der Waals surface area contributed by atoms with Gasteiger partial charge in [0.15, 0.2) is 23.0 Å². The molecule has 0 aromatic carbocycles. The molecule has 0 aliphatic carbocycles. The Hall–Kier alpha value is -1.98. The first-order valence-electron chi connectivity index (χ1n) is 44.4. The van der Waals surface area contributed by atoms with Crippen molar-refractivity contribution in [3.63, 3.8) is 0 Å². The first-order chi connectivity index (χ1) is 60.0. The summed E-state index contributed by atoms with van der Waals surface area (Å²) in [4.78, 5) is 80.6. The Balaban J connectivity index is -0.000000145. The molecule has 0 saturated carbocycles. The van der Waals surface area contributed by atoms with Crippen molar-refractivity contribution < 1.29 is 98.5 Å². The average molecular weight is 2100 g/mol. The summed E-state index contributed by atoms with van der Waals surface area (Å²) in [6.07, 6.45) is 70.2. The Kier molecular flexibility index (Phi) is 127. The number of thioether (sulfide) groups is 6. The Morgan fingerprint density at radius 2 is 0.814 bits per heavy atom. The van der Waals surface area contributed by atoms with E-state index in [9.17, 15) is 33.6 Å². The maximum absolute atomic E-state index is 12.1. The summed E-state index contributed by atoms with van der Waals surface area (Å²) in [6.45, 7) is 32.4. The van der Waals surface area contributed by atoms with Crippen molar-refractivity contribution in [2.24, 2.45) is 27.1 Å². The number of azo groups is 1. The second-order valence-electron chi connectivity index (χ2n) is 31.3. The van der Waals surface area contributed by atoms with Crippen molar-refractivity contribution in [2.45, 2.75) is 409 Å². The largest absolute Gasteiger partial charge is 1.00 e. The maximum Gasteiger partial charge on any atom is 1.00 e. The van der Waals surface area contributed by atoms with Crippen LogP contribution in [0, 0.1) is 60.3 Å². The number of carboxylic acid groups (broad SMARTS) is 3. The Morgan fingerprint density at radius 1 is 0.527 bits per heavy atom. The van der Waals surface area contributed by atoms with Crippen LogP contribution in [0.4, 0.5) is 0 Å². The number of esters is 2. The SMILES string of the molecule is C#CCO.C#CCOC(=O)C(C)(C)CCC(SC(=S)SCCCCCCCCCCCC)C(N)=O.C#CCOC(=O)C(C)(C)SC(=S)SCCCCCCCCCCCC.C=CC(N)=O.CCCCCCCCCCCCS.CCCCCCCCCCCCSC(=S)SC(C)(C)C(=O)O.ClC(Cl)Cl.S=C=S.[C-]#[N+]C(C)(CCC(=O)O)N=NC(C)(C#N)CCC(=O)O.[Na+].[OH-]. The number of carboxylic acids is 3. The molecule has 0 fully saturated rings. The van der Waals surface area contributed by atoms with Crippen LogP contribution in [-0.2, 0) is 43.0 Å². The van der Waals surface area contributed by atoms with E-state index < -0.39 is 65.4 Å². The third-order valence-corrected chi connectivity index (χ3v) is 26.8. The van der Waals surface area contributed by atoms with Gasteiger partial charge in [-0.05, 0) is 147 Å². The molecule has 3 atom stereocenters. The Labute approximate surface area is 876 Å². The summed E-state index contributed by atoms with van der Waals surface area (Å²) in [5.74, 6) is 6.18. The average Bonchev–Trinajstić information content (AvgIpc) is 0.888. The van der Waals surface area contributed by atoms with Gasteiger partial charge in [-0.3, -0.25) is 38.4 Å². The second-order valence-corrected chi connectivity index (χ2v) is 45.7. The van der Waals surface area contributed by atoms with Gasteiger partial charge in [-0.25, -0.2) is 6.57 Å². The van der Waals surface area contributed by atoms with Crippen molar-refractivity contribution in [2.75, 3.05) is 42.8 Å². The molecule has 0 bridgehead atoms. The van der Waals surface area contributed by atoms with E-state index in [4.69, 9.17) is 132 Å². The number of amides is 2. The second kappa shape index (κ2) is 110. The number of aliphatic hydroxyl groups is 1. The van der Waals surface area contributed by atoms with Crippen LogP contribution < -0.4 is 41.0 Å². The fourth-order valence-corrected chi connectivity index (χ4v) is 19.0. The van der Waals surface area contributed by atoms with Gasteiger partial charge in [0.1, 0.15) is 26.7 Å². The summed E-state index contributed by atoms with van der Waals surface area (Å²) in [5.41, 5.74) is 6.67. The van der Waals surface area contributed by atoms with Crippen molar-refractivity contribution in [3.8, 4) is 43.1 Å². The van der Waals surface area contributed by atoms with E-state index in [1.165, 1.54) is 300 Å². The fourth-order valence-electron chi connectivity index (χ4n) is 10.2. The van der Waals surface area contributed by atoms with E-state index in [0.717, 1.165) is 46.1 Å². The van der Waals surface area contributed by atoms with Gasteiger partial charge in [-0.1, -0.05) is 390 Å². The number of carbonyl (C=O) groups is 7. The molecule has 20 nitrogen and oxygen atoms in total. The number of alkyl halides is 3. The minimum Gasteiger partial charge on any atom is -0.870 e. The van der Waals surface area contributed by atoms with Gasteiger partial charge in [-0.15, -0.1) is 59.7 Å². The fraction of sp³-hybridized carbons (Fsp3) is 0.774. The number of halogens is 3.